The lowest BCUT2D eigenvalue weighted by Gasteiger charge is -2.13. The van der Waals surface area contributed by atoms with Crippen LogP contribution in [0.25, 0.3) is 0 Å². The molecule has 2 rings (SSSR count). The molecule has 0 saturated heterocycles. The predicted octanol–water partition coefficient (Wildman–Crippen LogP) is 4.13. The van der Waals surface area contributed by atoms with E-state index in [4.69, 9.17) is 4.74 Å². The molecule has 138 valence electrons. The van der Waals surface area contributed by atoms with E-state index in [1.807, 2.05) is 24.3 Å². The highest BCUT2D eigenvalue weighted by molar-refractivity contribution is 8.00. The third-order valence-electron chi connectivity index (χ3n) is 3.70. The first-order valence-corrected chi connectivity index (χ1v) is 9.55. The SMILES string of the molecule is COc1ccc(NC(=O)CSCC(=O)Nc2ccccc2C(C)C)cc1. The zero-order chi connectivity index (χ0) is 18.9. The molecular formula is C20H24N2O3S. The number of nitrogens with one attached hydrogen (secondary N) is 2. The molecule has 2 N–H and O–H groups in total. The average molecular weight is 372 g/mol. The first-order chi connectivity index (χ1) is 12.5. The lowest BCUT2D eigenvalue weighted by atomic mass is 10.0. The largest absolute Gasteiger partial charge is 0.497 e. The molecule has 0 spiro atoms. The molecule has 2 aromatic carbocycles. The number of carbonyl (C=O) groups excluding carboxylic acids is 2. The van der Waals surface area contributed by atoms with Gasteiger partial charge in [0, 0.05) is 11.4 Å². The Morgan fingerprint density at radius 2 is 1.58 bits per heavy atom. The lowest BCUT2D eigenvalue weighted by molar-refractivity contribution is -0.114. The standard InChI is InChI=1S/C20H24N2O3S/c1-14(2)17-6-4-5-7-18(17)22-20(24)13-26-12-19(23)21-15-8-10-16(25-3)11-9-15/h4-11,14H,12-13H2,1-3H3,(H,21,23)(H,22,24). The van der Waals surface area contributed by atoms with Gasteiger partial charge >= 0.3 is 0 Å². The lowest BCUT2D eigenvalue weighted by Crippen LogP contribution is -2.19. The van der Waals surface area contributed by atoms with Gasteiger partial charge in [-0.25, -0.2) is 0 Å². The molecule has 0 heterocycles. The summed E-state index contributed by atoms with van der Waals surface area (Å²) in [6.45, 7) is 4.17. The summed E-state index contributed by atoms with van der Waals surface area (Å²) in [6.07, 6.45) is 0. The van der Waals surface area contributed by atoms with Crippen LogP contribution in [-0.2, 0) is 9.59 Å². The quantitative estimate of drug-likeness (QED) is 0.731. The Morgan fingerprint density at radius 3 is 2.19 bits per heavy atom. The van der Waals surface area contributed by atoms with Gasteiger partial charge in [-0.15, -0.1) is 11.8 Å². The number of carbonyl (C=O) groups is 2. The van der Waals surface area contributed by atoms with Crippen LogP contribution < -0.4 is 15.4 Å². The third kappa shape index (κ3) is 6.11. The average Bonchev–Trinajstić information content (AvgIpc) is 2.62. The van der Waals surface area contributed by atoms with E-state index in [-0.39, 0.29) is 23.3 Å². The van der Waals surface area contributed by atoms with Crippen molar-refractivity contribution in [1.82, 2.24) is 0 Å². The molecule has 6 heteroatoms. The molecule has 0 unspecified atom stereocenters. The van der Waals surface area contributed by atoms with E-state index in [0.717, 1.165) is 17.0 Å². The van der Waals surface area contributed by atoms with Crippen molar-refractivity contribution in [3.05, 3.63) is 54.1 Å². The molecule has 0 saturated carbocycles. The monoisotopic (exact) mass is 372 g/mol. The van der Waals surface area contributed by atoms with Crippen LogP contribution in [-0.4, -0.2) is 30.4 Å². The number of benzene rings is 2. The highest BCUT2D eigenvalue weighted by Gasteiger charge is 2.10. The van der Waals surface area contributed by atoms with Gasteiger partial charge in [-0.2, -0.15) is 0 Å². The normalized spacial score (nSPS) is 10.5. The summed E-state index contributed by atoms with van der Waals surface area (Å²) in [6, 6.07) is 14.9. The van der Waals surface area contributed by atoms with Crippen LogP contribution in [0.2, 0.25) is 0 Å². The predicted molar refractivity (Wildman–Crippen MR) is 108 cm³/mol. The van der Waals surface area contributed by atoms with Crippen LogP contribution in [0.1, 0.15) is 25.3 Å². The Morgan fingerprint density at radius 1 is 0.962 bits per heavy atom. The van der Waals surface area contributed by atoms with E-state index < -0.39 is 0 Å². The number of para-hydroxylation sites is 1. The smallest absolute Gasteiger partial charge is 0.234 e. The van der Waals surface area contributed by atoms with Gasteiger partial charge in [-0.1, -0.05) is 32.0 Å². The maximum atomic E-state index is 12.1. The van der Waals surface area contributed by atoms with Gasteiger partial charge in [0.1, 0.15) is 5.75 Å². The minimum absolute atomic E-state index is 0.111. The first kappa shape index (κ1) is 19.8. The van der Waals surface area contributed by atoms with Gasteiger partial charge in [0.2, 0.25) is 11.8 Å². The zero-order valence-corrected chi connectivity index (χ0v) is 16.1. The van der Waals surface area contributed by atoms with E-state index >= 15 is 0 Å². The van der Waals surface area contributed by atoms with Crippen LogP contribution in [0.4, 0.5) is 11.4 Å². The van der Waals surface area contributed by atoms with Gasteiger partial charge in [0.15, 0.2) is 0 Å². The van der Waals surface area contributed by atoms with E-state index in [1.54, 1.807) is 31.4 Å². The van der Waals surface area contributed by atoms with Crippen LogP contribution in [0.3, 0.4) is 0 Å². The number of methoxy groups -OCH3 is 1. The molecule has 0 aliphatic carbocycles. The topological polar surface area (TPSA) is 67.4 Å². The highest BCUT2D eigenvalue weighted by Crippen LogP contribution is 2.23. The summed E-state index contributed by atoms with van der Waals surface area (Å²) >= 11 is 1.28. The first-order valence-electron chi connectivity index (χ1n) is 8.40. The van der Waals surface area contributed by atoms with Gasteiger partial charge < -0.3 is 15.4 Å². The minimum Gasteiger partial charge on any atom is -0.497 e. The number of hydrogen-bond donors (Lipinski definition) is 2. The van der Waals surface area contributed by atoms with Crippen molar-refractivity contribution < 1.29 is 14.3 Å². The summed E-state index contributed by atoms with van der Waals surface area (Å²) in [7, 11) is 1.59. The molecule has 0 radical (unpaired) electrons. The number of thioether (sulfide) groups is 1. The molecular weight excluding hydrogens is 348 g/mol. The summed E-state index contributed by atoms with van der Waals surface area (Å²) in [5, 5.41) is 5.72. The molecule has 0 bridgehead atoms. The summed E-state index contributed by atoms with van der Waals surface area (Å²) in [5.74, 6) is 1.24. The summed E-state index contributed by atoms with van der Waals surface area (Å²) < 4.78 is 5.08. The Hall–Kier alpha value is -2.47. The fourth-order valence-electron chi connectivity index (χ4n) is 2.41. The number of amides is 2. The third-order valence-corrected chi connectivity index (χ3v) is 4.63. The highest BCUT2D eigenvalue weighted by atomic mass is 32.2. The van der Waals surface area contributed by atoms with E-state index in [1.165, 1.54) is 11.8 Å². The Kier molecular flexibility index (Phi) is 7.53. The number of hydrogen-bond acceptors (Lipinski definition) is 4. The zero-order valence-electron chi connectivity index (χ0n) is 15.2. The van der Waals surface area contributed by atoms with Crippen LogP contribution in [0.5, 0.6) is 5.75 Å². The van der Waals surface area contributed by atoms with Gasteiger partial charge in [0.05, 0.1) is 18.6 Å². The Balaban J connectivity index is 1.76. The van der Waals surface area contributed by atoms with Gasteiger partial charge in [-0.3, -0.25) is 9.59 Å². The molecule has 5 nitrogen and oxygen atoms in total. The van der Waals surface area contributed by atoms with Crippen LogP contribution >= 0.6 is 11.8 Å². The minimum atomic E-state index is -0.143. The molecule has 0 aliphatic heterocycles. The molecule has 2 aromatic rings. The second kappa shape index (κ2) is 9.87. The second-order valence-electron chi connectivity index (χ2n) is 6.06. The van der Waals surface area contributed by atoms with Crippen molar-refractivity contribution in [2.45, 2.75) is 19.8 Å². The van der Waals surface area contributed by atoms with E-state index in [2.05, 4.69) is 24.5 Å². The number of rotatable bonds is 8. The maximum Gasteiger partial charge on any atom is 0.234 e. The van der Waals surface area contributed by atoms with Crippen LogP contribution in [0.15, 0.2) is 48.5 Å². The molecule has 26 heavy (non-hydrogen) atoms. The Bertz CT molecular complexity index is 745. The molecule has 0 atom stereocenters. The number of ether oxygens (including phenoxy) is 1. The van der Waals surface area contributed by atoms with Crippen molar-refractivity contribution in [3.63, 3.8) is 0 Å². The second-order valence-corrected chi connectivity index (χ2v) is 7.05. The van der Waals surface area contributed by atoms with Crippen molar-refractivity contribution >= 4 is 35.0 Å². The van der Waals surface area contributed by atoms with Crippen molar-refractivity contribution in [2.75, 3.05) is 29.2 Å². The van der Waals surface area contributed by atoms with E-state index in [0.29, 0.717) is 11.6 Å². The van der Waals surface area contributed by atoms with Gasteiger partial charge in [0.25, 0.3) is 0 Å². The fourth-order valence-corrected chi connectivity index (χ4v) is 3.03. The van der Waals surface area contributed by atoms with Gasteiger partial charge in [-0.05, 0) is 41.8 Å². The van der Waals surface area contributed by atoms with Crippen molar-refractivity contribution in [3.8, 4) is 5.75 Å². The molecule has 0 aromatic heterocycles. The number of anilines is 2. The summed E-state index contributed by atoms with van der Waals surface area (Å²) in [5.41, 5.74) is 2.63. The van der Waals surface area contributed by atoms with E-state index in [9.17, 15) is 9.59 Å². The maximum absolute atomic E-state index is 12.1. The fraction of sp³-hybridized carbons (Fsp3) is 0.300. The molecule has 0 fully saturated rings. The molecule has 2 amide bonds. The molecule has 0 aliphatic rings. The Labute approximate surface area is 158 Å². The van der Waals surface area contributed by atoms with Crippen molar-refractivity contribution in [2.24, 2.45) is 0 Å². The summed E-state index contributed by atoms with van der Waals surface area (Å²) in [4.78, 5) is 24.1. The van der Waals surface area contributed by atoms with Crippen molar-refractivity contribution in [1.29, 1.82) is 0 Å². The van der Waals surface area contributed by atoms with Crippen LogP contribution in [0, 0.1) is 0 Å².